The molecule has 4 aromatic rings. The number of rotatable bonds is 6. The SMILES string of the molecule is [C-]#[N+]c1ccc(N(CCOC)C(=O)c2ccn3ncc(-c4ccc(C(F)(F)F)cc4)c3c2)cc1. The number of halogens is 3. The van der Waals surface area contributed by atoms with E-state index in [4.69, 9.17) is 11.3 Å². The Labute approximate surface area is 193 Å². The first kappa shape index (κ1) is 23.0. The minimum absolute atomic E-state index is 0.283. The maximum absolute atomic E-state index is 13.4. The maximum atomic E-state index is 13.4. The van der Waals surface area contributed by atoms with Crippen LogP contribution in [0, 0.1) is 6.57 Å². The van der Waals surface area contributed by atoms with Gasteiger partial charge in [-0.2, -0.15) is 18.3 Å². The molecule has 0 N–H and O–H groups in total. The van der Waals surface area contributed by atoms with E-state index >= 15 is 0 Å². The lowest BCUT2D eigenvalue weighted by Crippen LogP contribution is -2.34. The van der Waals surface area contributed by atoms with Gasteiger partial charge in [0.1, 0.15) is 0 Å². The van der Waals surface area contributed by atoms with Crippen molar-refractivity contribution < 1.29 is 22.7 Å². The number of carbonyl (C=O) groups excluding carboxylic acids is 1. The van der Waals surface area contributed by atoms with E-state index in [2.05, 4.69) is 9.94 Å². The number of hydrogen-bond acceptors (Lipinski definition) is 3. The minimum Gasteiger partial charge on any atom is -0.383 e. The molecule has 0 bridgehead atoms. The predicted octanol–water partition coefficient (Wildman–Crippen LogP) is 5.86. The summed E-state index contributed by atoms with van der Waals surface area (Å²) in [6, 6.07) is 14.8. The summed E-state index contributed by atoms with van der Waals surface area (Å²) in [4.78, 5) is 18.4. The smallest absolute Gasteiger partial charge is 0.383 e. The summed E-state index contributed by atoms with van der Waals surface area (Å²) >= 11 is 0. The van der Waals surface area contributed by atoms with Gasteiger partial charge in [0, 0.05) is 36.7 Å². The van der Waals surface area contributed by atoms with Crippen molar-refractivity contribution in [3.05, 3.63) is 95.6 Å². The summed E-state index contributed by atoms with van der Waals surface area (Å²) in [6.45, 7) is 7.71. The molecule has 34 heavy (non-hydrogen) atoms. The molecule has 0 spiro atoms. The van der Waals surface area contributed by atoms with E-state index in [0.717, 1.165) is 12.1 Å². The molecule has 172 valence electrons. The Morgan fingerprint density at radius 3 is 2.44 bits per heavy atom. The highest BCUT2D eigenvalue weighted by molar-refractivity contribution is 6.07. The first-order chi connectivity index (χ1) is 16.3. The van der Waals surface area contributed by atoms with Gasteiger partial charge >= 0.3 is 6.18 Å². The fourth-order valence-electron chi connectivity index (χ4n) is 3.57. The third-order valence-corrected chi connectivity index (χ3v) is 5.35. The van der Waals surface area contributed by atoms with Gasteiger partial charge in [-0.05, 0) is 42.0 Å². The lowest BCUT2D eigenvalue weighted by molar-refractivity contribution is -0.137. The number of methoxy groups -OCH3 is 1. The Bertz CT molecular complexity index is 1350. The standard InChI is InChI=1S/C25H19F3N4O2/c1-29-20-7-9-21(10-8-20)31(13-14-34-2)24(33)18-11-12-32-23(15-18)22(16-30-32)17-3-5-19(6-4-17)25(26,27)28/h3-12,15-16H,13-14H2,2H3. The van der Waals surface area contributed by atoms with E-state index in [1.165, 1.54) is 12.1 Å². The average Bonchev–Trinajstić information content (AvgIpc) is 3.27. The molecule has 0 saturated heterocycles. The lowest BCUT2D eigenvalue weighted by atomic mass is 10.0. The van der Waals surface area contributed by atoms with E-state index in [-0.39, 0.29) is 5.91 Å². The summed E-state index contributed by atoms with van der Waals surface area (Å²) in [7, 11) is 1.54. The van der Waals surface area contributed by atoms with E-state index in [0.29, 0.717) is 46.7 Å². The van der Waals surface area contributed by atoms with Gasteiger partial charge in [-0.15, -0.1) is 0 Å². The van der Waals surface area contributed by atoms with E-state index in [9.17, 15) is 18.0 Å². The highest BCUT2D eigenvalue weighted by Gasteiger charge is 2.30. The molecular weight excluding hydrogens is 445 g/mol. The van der Waals surface area contributed by atoms with Gasteiger partial charge in [-0.3, -0.25) is 4.79 Å². The molecule has 6 nitrogen and oxygen atoms in total. The molecule has 0 unspecified atom stereocenters. The second-order valence-electron chi connectivity index (χ2n) is 7.46. The van der Waals surface area contributed by atoms with Crippen LogP contribution in [0.5, 0.6) is 0 Å². The molecule has 9 heteroatoms. The number of ether oxygens (including phenoxy) is 1. The predicted molar refractivity (Wildman–Crippen MR) is 122 cm³/mol. The quantitative estimate of drug-likeness (QED) is 0.336. The normalized spacial score (nSPS) is 11.4. The Balaban J connectivity index is 1.70. The van der Waals surface area contributed by atoms with Gasteiger partial charge in [-0.1, -0.05) is 24.3 Å². The number of carbonyl (C=O) groups is 1. The first-order valence-corrected chi connectivity index (χ1v) is 10.2. The molecular formula is C25H19F3N4O2. The molecule has 0 aliphatic heterocycles. The van der Waals surface area contributed by atoms with Crippen molar-refractivity contribution in [2.24, 2.45) is 0 Å². The molecule has 2 heterocycles. The maximum Gasteiger partial charge on any atom is 0.416 e. The lowest BCUT2D eigenvalue weighted by Gasteiger charge is -2.23. The number of hydrogen-bond donors (Lipinski definition) is 0. The monoisotopic (exact) mass is 464 g/mol. The molecule has 0 aliphatic carbocycles. The summed E-state index contributed by atoms with van der Waals surface area (Å²) in [6.07, 6.45) is -1.23. The van der Waals surface area contributed by atoms with E-state index in [1.54, 1.807) is 65.3 Å². The van der Waals surface area contributed by atoms with Crippen LogP contribution in [0.1, 0.15) is 15.9 Å². The minimum atomic E-state index is -4.42. The number of nitrogens with zero attached hydrogens (tertiary/aromatic N) is 4. The number of benzene rings is 2. The number of alkyl halides is 3. The molecule has 0 fully saturated rings. The average molecular weight is 464 g/mol. The van der Waals surface area contributed by atoms with E-state index < -0.39 is 11.7 Å². The Morgan fingerprint density at radius 2 is 1.82 bits per heavy atom. The third kappa shape index (κ3) is 4.63. The van der Waals surface area contributed by atoms with Crippen LogP contribution >= 0.6 is 0 Å². The summed E-state index contributed by atoms with van der Waals surface area (Å²) in [5, 5.41) is 4.26. The van der Waals surface area contributed by atoms with Gasteiger partial charge in [0.2, 0.25) is 0 Å². The number of aromatic nitrogens is 2. The zero-order valence-electron chi connectivity index (χ0n) is 18.1. The number of amides is 1. The Kier molecular flexibility index (Phi) is 6.34. The van der Waals surface area contributed by atoms with Crippen LogP contribution in [-0.4, -0.2) is 35.8 Å². The highest BCUT2D eigenvalue weighted by atomic mass is 19.4. The van der Waals surface area contributed by atoms with Crippen molar-refractivity contribution in [1.29, 1.82) is 0 Å². The molecule has 0 radical (unpaired) electrons. The topological polar surface area (TPSA) is 51.2 Å². The van der Waals surface area contributed by atoms with Gasteiger partial charge in [0.25, 0.3) is 5.91 Å². The van der Waals surface area contributed by atoms with Crippen molar-refractivity contribution >= 4 is 22.8 Å². The van der Waals surface area contributed by atoms with Crippen LogP contribution in [0.15, 0.2) is 73.1 Å². The summed E-state index contributed by atoms with van der Waals surface area (Å²) in [5.74, 6) is -0.283. The fourth-order valence-corrected chi connectivity index (χ4v) is 3.57. The van der Waals surface area contributed by atoms with Crippen molar-refractivity contribution in [1.82, 2.24) is 9.61 Å². The molecule has 1 amide bonds. The van der Waals surface area contributed by atoms with E-state index in [1.807, 2.05) is 0 Å². The summed E-state index contributed by atoms with van der Waals surface area (Å²) in [5.41, 5.74) is 2.47. The number of fused-ring (bicyclic) bond motifs is 1. The third-order valence-electron chi connectivity index (χ3n) is 5.35. The molecule has 2 aromatic carbocycles. The Morgan fingerprint density at radius 1 is 1.12 bits per heavy atom. The van der Waals surface area contributed by atoms with Crippen LogP contribution in [0.3, 0.4) is 0 Å². The fraction of sp³-hybridized carbons (Fsp3) is 0.160. The zero-order valence-corrected chi connectivity index (χ0v) is 18.1. The van der Waals surface area contributed by atoms with Crippen LogP contribution < -0.4 is 4.90 Å². The van der Waals surface area contributed by atoms with Crippen LogP contribution in [0.25, 0.3) is 21.5 Å². The van der Waals surface area contributed by atoms with Crippen LogP contribution in [0.4, 0.5) is 24.5 Å². The van der Waals surface area contributed by atoms with Crippen molar-refractivity contribution in [2.75, 3.05) is 25.2 Å². The first-order valence-electron chi connectivity index (χ1n) is 10.2. The van der Waals surface area contributed by atoms with Gasteiger partial charge in [0.05, 0.1) is 30.5 Å². The number of pyridine rings is 1. The van der Waals surface area contributed by atoms with Crippen LogP contribution in [-0.2, 0) is 10.9 Å². The molecule has 2 aromatic heterocycles. The van der Waals surface area contributed by atoms with Gasteiger partial charge in [-0.25, -0.2) is 9.36 Å². The molecule has 4 rings (SSSR count). The molecule has 0 aliphatic rings. The largest absolute Gasteiger partial charge is 0.416 e. The zero-order chi connectivity index (χ0) is 24.3. The van der Waals surface area contributed by atoms with Gasteiger partial charge < -0.3 is 9.64 Å². The molecule has 0 saturated carbocycles. The number of anilines is 1. The van der Waals surface area contributed by atoms with Crippen molar-refractivity contribution in [3.63, 3.8) is 0 Å². The highest BCUT2D eigenvalue weighted by Crippen LogP contribution is 2.32. The second kappa shape index (κ2) is 9.37. The van der Waals surface area contributed by atoms with Crippen LogP contribution in [0.2, 0.25) is 0 Å². The van der Waals surface area contributed by atoms with Crippen molar-refractivity contribution in [3.8, 4) is 11.1 Å². The molecule has 0 atom stereocenters. The van der Waals surface area contributed by atoms with Crippen molar-refractivity contribution in [2.45, 2.75) is 6.18 Å². The second-order valence-corrected chi connectivity index (χ2v) is 7.46. The van der Waals surface area contributed by atoms with Gasteiger partial charge in [0.15, 0.2) is 5.69 Å². The Hall–Kier alpha value is -4.16. The summed E-state index contributed by atoms with van der Waals surface area (Å²) < 4.78 is 45.5.